The Kier molecular flexibility index (Phi) is 2.44. The Morgan fingerprint density at radius 3 is 2.87 bits per heavy atom. The molecule has 2 aromatic rings. The van der Waals surface area contributed by atoms with Gasteiger partial charge < -0.3 is 4.90 Å². The zero-order valence-electron chi connectivity index (χ0n) is 8.31. The summed E-state index contributed by atoms with van der Waals surface area (Å²) < 4.78 is 2.37. The van der Waals surface area contributed by atoms with E-state index in [4.69, 9.17) is 0 Å². The molecule has 2 aromatic heterocycles. The monoisotopic (exact) mass is 268 g/mol. The third-order valence-corrected chi connectivity index (χ3v) is 2.40. The predicted molar refractivity (Wildman–Crippen MR) is 60.4 cm³/mol. The van der Waals surface area contributed by atoms with Gasteiger partial charge in [0.05, 0.1) is 6.20 Å². The summed E-state index contributed by atoms with van der Waals surface area (Å²) in [6, 6.07) is 0. The zero-order valence-corrected chi connectivity index (χ0v) is 9.89. The van der Waals surface area contributed by atoms with Crippen molar-refractivity contribution in [1.82, 2.24) is 14.4 Å². The van der Waals surface area contributed by atoms with Gasteiger partial charge in [0.15, 0.2) is 17.8 Å². The van der Waals surface area contributed by atoms with Gasteiger partial charge in [-0.05, 0) is 15.9 Å². The molecule has 0 bridgehead atoms. The summed E-state index contributed by atoms with van der Waals surface area (Å²) in [5.41, 5.74) is 1.18. The number of fused-ring (bicyclic) bond motifs is 1. The number of halogens is 1. The van der Waals surface area contributed by atoms with Crippen molar-refractivity contribution in [3.8, 4) is 0 Å². The molecule has 0 atom stereocenters. The van der Waals surface area contributed by atoms with E-state index in [0.29, 0.717) is 15.9 Å². The van der Waals surface area contributed by atoms with Gasteiger partial charge in [-0.25, -0.2) is 9.97 Å². The van der Waals surface area contributed by atoms with Crippen LogP contribution in [0.1, 0.15) is 10.5 Å². The van der Waals surface area contributed by atoms with E-state index in [0.717, 1.165) is 12.1 Å². The first kappa shape index (κ1) is 10.1. The number of nitrogens with zero attached hydrogens (tertiary/aromatic N) is 4. The average molecular weight is 269 g/mol. The fourth-order valence-corrected chi connectivity index (χ4v) is 1.72. The maximum absolute atomic E-state index is 10.8. The lowest BCUT2D eigenvalue weighted by Gasteiger charge is -2.12. The summed E-state index contributed by atoms with van der Waals surface area (Å²) in [4.78, 5) is 21.1. The van der Waals surface area contributed by atoms with Crippen LogP contribution in [0.15, 0.2) is 17.0 Å². The molecule has 2 rings (SSSR count). The smallest absolute Gasteiger partial charge is 0.180 e. The number of aromatic nitrogens is 3. The summed E-state index contributed by atoms with van der Waals surface area (Å²) in [5.74, 6) is 0.720. The largest absolute Gasteiger partial charge is 0.360 e. The van der Waals surface area contributed by atoms with Gasteiger partial charge in [-0.15, -0.1) is 0 Å². The van der Waals surface area contributed by atoms with Gasteiger partial charge >= 0.3 is 0 Å². The molecule has 78 valence electrons. The zero-order chi connectivity index (χ0) is 11.0. The van der Waals surface area contributed by atoms with Gasteiger partial charge in [-0.1, -0.05) is 0 Å². The standard InChI is InChI=1S/C9H9BrN4O/c1-13(2)9-8-11-3-6(5-15)14(8)4-7(10)12-9/h3-5H,1-2H3. The third-order valence-electron chi connectivity index (χ3n) is 2.02. The minimum Gasteiger partial charge on any atom is -0.360 e. The molecular weight excluding hydrogens is 260 g/mol. The Morgan fingerprint density at radius 2 is 2.27 bits per heavy atom. The number of hydrogen-bond acceptors (Lipinski definition) is 4. The lowest BCUT2D eigenvalue weighted by atomic mass is 10.5. The minimum atomic E-state index is 0.510. The highest BCUT2D eigenvalue weighted by molar-refractivity contribution is 9.10. The van der Waals surface area contributed by atoms with Crippen LogP contribution in [0.4, 0.5) is 5.82 Å². The number of carbonyl (C=O) groups excluding carboxylic acids is 1. The lowest BCUT2D eigenvalue weighted by Crippen LogP contribution is -2.13. The lowest BCUT2D eigenvalue weighted by molar-refractivity contribution is 0.111. The summed E-state index contributed by atoms with van der Waals surface area (Å²) in [6.07, 6.45) is 4.02. The molecule has 0 radical (unpaired) electrons. The van der Waals surface area contributed by atoms with E-state index in [2.05, 4.69) is 25.9 Å². The van der Waals surface area contributed by atoms with Crippen LogP contribution >= 0.6 is 15.9 Å². The number of carbonyl (C=O) groups is 1. The maximum atomic E-state index is 10.8. The van der Waals surface area contributed by atoms with Crippen LogP contribution in [0, 0.1) is 0 Å². The second-order valence-corrected chi connectivity index (χ2v) is 4.09. The Balaban J connectivity index is 2.82. The van der Waals surface area contributed by atoms with Crippen LogP contribution in [0.25, 0.3) is 5.65 Å². The molecule has 0 fully saturated rings. The summed E-state index contributed by atoms with van der Waals surface area (Å²) in [6.45, 7) is 0. The minimum absolute atomic E-state index is 0.510. The van der Waals surface area contributed by atoms with Crippen LogP contribution in [-0.4, -0.2) is 34.8 Å². The van der Waals surface area contributed by atoms with E-state index >= 15 is 0 Å². The molecule has 0 unspecified atom stereocenters. The first-order valence-electron chi connectivity index (χ1n) is 4.29. The van der Waals surface area contributed by atoms with Gasteiger partial charge in [0.2, 0.25) is 0 Å². The molecule has 6 heteroatoms. The van der Waals surface area contributed by atoms with Crippen LogP contribution in [-0.2, 0) is 0 Å². The van der Waals surface area contributed by atoms with Crippen LogP contribution in [0.3, 0.4) is 0 Å². The SMILES string of the molecule is CN(C)c1nc(Br)cn2c(C=O)cnc12. The molecular formula is C9H9BrN4O. The van der Waals surface area contributed by atoms with Gasteiger partial charge in [-0.2, -0.15) is 0 Å². The van der Waals surface area contributed by atoms with E-state index in [-0.39, 0.29) is 0 Å². The van der Waals surface area contributed by atoms with Crippen LogP contribution < -0.4 is 4.90 Å². The Bertz CT molecular complexity index is 520. The Morgan fingerprint density at radius 1 is 1.53 bits per heavy atom. The molecule has 0 spiro atoms. The molecule has 2 heterocycles. The molecule has 15 heavy (non-hydrogen) atoms. The normalized spacial score (nSPS) is 10.6. The van der Waals surface area contributed by atoms with E-state index in [1.807, 2.05) is 19.0 Å². The van der Waals surface area contributed by atoms with Crippen molar-refractivity contribution >= 4 is 33.7 Å². The topological polar surface area (TPSA) is 50.5 Å². The molecule has 0 aliphatic heterocycles. The third kappa shape index (κ3) is 1.61. The van der Waals surface area contributed by atoms with Crippen molar-refractivity contribution in [1.29, 1.82) is 0 Å². The highest BCUT2D eigenvalue weighted by atomic mass is 79.9. The molecule has 0 saturated heterocycles. The van der Waals surface area contributed by atoms with Crippen molar-refractivity contribution in [2.75, 3.05) is 19.0 Å². The fraction of sp³-hybridized carbons (Fsp3) is 0.222. The van der Waals surface area contributed by atoms with Gasteiger partial charge in [-0.3, -0.25) is 9.20 Å². The van der Waals surface area contributed by atoms with Crippen molar-refractivity contribution in [2.45, 2.75) is 0 Å². The summed E-state index contributed by atoms with van der Waals surface area (Å²) in [7, 11) is 3.76. The van der Waals surface area contributed by atoms with Crippen molar-refractivity contribution < 1.29 is 4.79 Å². The van der Waals surface area contributed by atoms with Crippen molar-refractivity contribution in [2.24, 2.45) is 0 Å². The molecule has 0 amide bonds. The van der Waals surface area contributed by atoms with Crippen LogP contribution in [0.2, 0.25) is 0 Å². The number of imidazole rings is 1. The fourth-order valence-electron chi connectivity index (χ4n) is 1.35. The maximum Gasteiger partial charge on any atom is 0.180 e. The Hall–Kier alpha value is -1.43. The molecule has 5 nitrogen and oxygen atoms in total. The summed E-state index contributed by atoms with van der Waals surface area (Å²) in [5, 5.41) is 0. The number of rotatable bonds is 2. The number of anilines is 1. The van der Waals surface area contributed by atoms with Crippen molar-refractivity contribution in [3.63, 3.8) is 0 Å². The molecule has 0 aliphatic rings. The van der Waals surface area contributed by atoms with Gasteiger partial charge in [0.25, 0.3) is 0 Å². The second kappa shape index (κ2) is 3.62. The molecule has 0 saturated carbocycles. The average Bonchev–Trinajstić information content (AvgIpc) is 2.58. The predicted octanol–water partition coefficient (Wildman–Crippen LogP) is 1.37. The first-order chi connectivity index (χ1) is 7.13. The van der Waals surface area contributed by atoms with E-state index < -0.39 is 0 Å². The highest BCUT2D eigenvalue weighted by Crippen LogP contribution is 2.20. The number of aldehydes is 1. The van der Waals surface area contributed by atoms with Crippen LogP contribution in [0.5, 0.6) is 0 Å². The highest BCUT2D eigenvalue weighted by Gasteiger charge is 2.11. The Labute approximate surface area is 94.9 Å². The first-order valence-corrected chi connectivity index (χ1v) is 5.09. The van der Waals surface area contributed by atoms with E-state index in [1.54, 1.807) is 10.6 Å². The van der Waals surface area contributed by atoms with Gasteiger partial charge in [0, 0.05) is 20.3 Å². The molecule has 0 N–H and O–H groups in total. The second-order valence-electron chi connectivity index (χ2n) is 3.28. The van der Waals surface area contributed by atoms with Gasteiger partial charge in [0.1, 0.15) is 10.3 Å². The van der Waals surface area contributed by atoms with Crippen molar-refractivity contribution in [3.05, 3.63) is 22.7 Å². The van der Waals surface area contributed by atoms with E-state index in [9.17, 15) is 4.79 Å². The quantitative estimate of drug-likeness (QED) is 0.773. The molecule has 0 aromatic carbocycles. The molecule has 0 aliphatic carbocycles. The van der Waals surface area contributed by atoms with E-state index in [1.165, 1.54) is 6.20 Å². The number of hydrogen-bond donors (Lipinski definition) is 0. The summed E-state index contributed by atoms with van der Waals surface area (Å²) >= 11 is 3.30.